The fraction of sp³-hybridized carbons (Fsp3) is 0.700. The zero-order valence-corrected chi connectivity index (χ0v) is 9.13. The zero-order chi connectivity index (χ0) is 9.52. The van der Waals surface area contributed by atoms with Gasteiger partial charge in [0.15, 0.2) is 0 Å². The minimum absolute atomic E-state index is 1.02. The van der Waals surface area contributed by atoms with Gasteiger partial charge in [-0.3, -0.25) is 0 Å². The maximum absolute atomic E-state index is 4.18. The number of aromatic nitrogens is 2. The molecule has 0 radical (unpaired) electrons. The summed E-state index contributed by atoms with van der Waals surface area (Å²) in [5, 5.41) is 0. The molecule has 1 heterocycles. The number of hydrogen-bond donors (Lipinski definition) is 1. The number of thiol groups is 1. The summed E-state index contributed by atoms with van der Waals surface area (Å²) in [4.78, 5) is 4.18. The molecule has 0 aromatic carbocycles. The molecule has 0 aliphatic rings. The van der Waals surface area contributed by atoms with Crippen LogP contribution in [0.5, 0.6) is 0 Å². The summed E-state index contributed by atoms with van der Waals surface area (Å²) in [6.07, 6.45) is 9.02. The third kappa shape index (κ3) is 3.85. The van der Waals surface area contributed by atoms with Crippen molar-refractivity contribution in [3.8, 4) is 0 Å². The highest BCUT2D eigenvalue weighted by molar-refractivity contribution is 7.80. The normalized spacial score (nSPS) is 10.6. The maximum atomic E-state index is 4.18. The van der Waals surface area contributed by atoms with Gasteiger partial charge in [0.2, 0.25) is 0 Å². The molecule has 0 N–H and O–H groups in total. The van der Waals surface area contributed by atoms with E-state index in [0.717, 1.165) is 18.1 Å². The summed E-state index contributed by atoms with van der Waals surface area (Å²) in [5.74, 6) is 2.14. The SMILES string of the molecule is Cc1nccn1CCCCCCS. The first-order chi connectivity index (χ1) is 6.34. The Morgan fingerprint density at radius 1 is 1.31 bits per heavy atom. The molecular formula is C10H18N2S. The molecule has 0 fully saturated rings. The number of rotatable bonds is 6. The predicted octanol–water partition coefficient (Wildman–Crippen LogP) is 2.68. The van der Waals surface area contributed by atoms with Gasteiger partial charge in [0, 0.05) is 18.9 Å². The van der Waals surface area contributed by atoms with E-state index in [1.807, 2.05) is 19.3 Å². The second kappa shape index (κ2) is 6.08. The van der Waals surface area contributed by atoms with E-state index < -0.39 is 0 Å². The highest BCUT2D eigenvalue weighted by Crippen LogP contribution is 2.04. The molecule has 1 aromatic rings. The summed E-state index contributed by atoms with van der Waals surface area (Å²) in [6.45, 7) is 3.16. The average molecular weight is 198 g/mol. The molecule has 0 unspecified atom stereocenters. The van der Waals surface area contributed by atoms with Crippen molar-refractivity contribution in [2.75, 3.05) is 5.75 Å². The smallest absolute Gasteiger partial charge is 0.105 e. The predicted molar refractivity (Wildman–Crippen MR) is 59.3 cm³/mol. The minimum Gasteiger partial charge on any atom is -0.335 e. The van der Waals surface area contributed by atoms with Crippen LogP contribution < -0.4 is 0 Å². The Bertz CT molecular complexity index is 233. The largest absolute Gasteiger partial charge is 0.335 e. The molecule has 3 heteroatoms. The fourth-order valence-corrected chi connectivity index (χ4v) is 1.61. The van der Waals surface area contributed by atoms with Crippen molar-refractivity contribution in [1.82, 2.24) is 9.55 Å². The molecule has 0 aliphatic heterocycles. The van der Waals surface area contributed by atoms with Crippen LogP contribution in [0.3, 0.4) is 0 Å². The first-order valence-electron chi connectivity index (χ1n) is 4.93. The molecule has 0 bridgehead atoms. The number of imidazole rings is 1. The summed E-state index contributed by atoms with van der Waals surface area (Å²) in [5.41, 5.74) is 0. The van der Waals surface area contributed by atoms with Crippen molar-refractivity contribution in [1.29, 1.82) is 0 Å². The van der Waals surface area contributed by atoms with Crippen LogP contribution >= 0.6 is 12.6 Å². The Labute approximate surface area is 85.8 Å². The number of nitrogens with zero attached hydrogens (tertiary/aromatic N) is 2. The van der Waals surface area contributed by atoms with E-state index in [4.69, 9.17) is 0 Å². The van der Waals surface area contributed by atoms with Gasteiger partial charge in [-0.1, -0.05) is 12.8 Å². The molecule has 1 aromatic heterocycles. The van der Waals surface area contributed by atoms with E-state index >= 15 is 0 Å². The van der Waals surface area contributed by atoms with E-state index in [1.165, 1.54) is 25.7 Å². The number of aryl methyl sites for hydroxylation is 2. The summed E-state index contributed by atoms with van der Waals surface area (Å²) >= 11 is 4.18. The van der Waals surface area contributed by atoms with Gasteiger partial charge in [0.05, 0.1) is 0 Å². The van der Waals surface area contributed by atoms with Crippen LogP contribution in [-0.2, 0) is 6.54 Å². The first-order valence-corrected chi connectivity index (χ1v) is 5.56. The van der Waals surface area contributed by atoms with Gasteiger partial charge in [0.25, 0.3) is 0 Å². The van der Waals surface area contributed by atoms with Crippen molar-refractivity contribution in [3.63, 3.8) is 0 Å². The van der Waals surface area contributed by atoms with Crippen LogP contribution in [0.2, 0.25) is 0 Å². The summed E-state index contributed by atoms with van der Waals surface area (Å²) in [6, 6.07) is 0. The molecular weight excluding hydrogens is 180 g/mol. The van der Waals surface area contributed by atoms with Crippen LogP contribution in [0.1, 0.15) is 31.5 Å². The molecule has 13 heavy (non-hydrogen) atoms. The van der Waals surface area contributed by atoms with Gasteiger partial charge in [-0.15, -0.1) is 0 Å². The number of hydrogen-bond acceptors (Lipinski definition) is 2. The van der Waals surface area contributed by atoms with Crippen molar-refractivity contribution in [2.24, 2.45) is 0 Å². The minimum atomic E-state index is 1.02. The van der Waals surface area contributed by atoms with Crippen LogP contribution in [-0.4, -0.2) is 15.3 Å². The Morgan fingerprint density at radius 2 is 2.08 bits per heavy atom. The molecule has 0 saturated carbocycles. The fourth-order valence-electron chi connectivity index (χ4n) is 1.39. The molecule has 0 atom stereocenters. The second-order valence-electron chi connectivity index (χ2n) is 3.31. The quantitative estimate of drug-likeness (QED) is 0.549. The lowest BCUT2D eigenvalue weighted by molar-refractivity contribution is 0.574. The van der Waals surface area contributed by atoms with Crippen molar-refractivity contribution < 1.29 is 0 Å². The molecule has 0 amide bonds. The Hall–Kier alpha value is -0.440. The number of unbranched alkanes of at least 4 members (excludes halogenated alkanes) is 3. The van der Waals surface area contributed by atoms with Gasteiger partial charge >= 0.3 is 0 Å². The Kier molecular flexibility index (Phi) is 4.98. The van der Waals surface area contributed by atoms with Crippen molar-refractivity contribution in [3.05, 3.63) is 18.2 Å². The monoisotopic (exact) mass is 198 g/mol. The van der Waals surface area contributed by atoms with E-state index in [1.54, 1.807) is 0 Å². The summed E-state index contributed by atoms with van der Waals surface area (Å²) < 4.78 is 2.21. The van der Waals surface area contributed by atoms with Crippen LogP contribution in [0.15, 0.2) is 12.4 Å². The van der Waals surface area contributed by atoms with Gasteiger partial charge in [-0.2, -0.15) is 12.6 Å². The third-order valence-electron chi connectivity index (χ3n) is 2.23. The molecule has 0 spiro atoms. The molecule has 0 saturated heterocycles. The van der Waals surface area contributed by atoms with E-state index in [9.17, 15) is 0 Å². The van der Waals surface area contributed by atoms with Crippen LogP contribution in [0.4, 0.5) is 0 Å². The Balaban J connectivity index is 2.10. The van der Waals surface area contributed by atoms with Gasteiger partial charge in [0.1, 0.15) is 5.82 Å². The van der Waals surface area contributed by atoms with Crippen LogP contribution in [0.25, 0.3) is 0 Å². The summed E-state index contributed by atoms with van der Waals surface area (Å²) in [7, 11) is 0. The lowest BCUT2D eigenvalue weighted by Crippen LogP contribution is -1.98. The maximum Gasteiger partial charge on any atom is 0.105 e. The molecule has 1 rings (SSSR count). The second-order valence-corrected chi connectivity index (χ2v) is 3.75. The highest BCUT2D eigenvalue weighted by atomic mass is 32.1. The third-order valence-corrected chi connectivity index (χ3v) is 2.55. The average Bonchev–Trinajstić information content (AvgIpc) is 2.52. The van der Waals surface area contributed by atoms with Gasteiger partial charge in [-0.05, 0) is 25.5 Å². The van der Waals surface area contributed by atoms with Gasteiger partial charge < -0.3 is 4.57 Å². The lowest BCUT2D eigenvalue weighted by atomic mass is 10.2. The first kappa shape index (κ1) is 10.6. The zero-order valence-electron chi connectivity index (χ0n) is 8.24. The highest BCUT2D eigenvalue weighted by Gasteiger charge is 1.95. The van der Waals surface area contributed by atoms with Crippen molar-refractivity contribution >= 4 is 12.6 Å². The van der Waals surface area contributed by atoms with E-state index in [2.05, 4.69) is 22.2 Å². The molecule has 74 valence electrons. The van der Waals surface area contributed by atoms with Gasteiger partial charge in [-0.25, -0.2) is 4.98 Å². The van der Waals surface area contributed by atoms with Crippen molar-refractivity contribution in [2.45, 2.75) is 39.2 Å². The molecule has 0 aliphatic carbocycles. The topological polar surface area (TPSA) is 17.8 Å². The van der Waals surface area contributed by atoms with Crippen LogP contribution in [0, 0.1) is 6.92 Å². The standard InChI is InChI=1S/C10H18N2S/c1-10-11-6-8-12(10)7-4-2-3-5-9-13/h6,8,13H,2-5,7,9H2,1H3. The molecule has 2 nitrogen and oxygen atoms in total. The Morgan fingerprint density at radius 3 is 2.69 bits per heavy atom. The van der Waals surface area contributed by atoms with E-state index in [0.29, 0.717) is 0 Å². The lowest BCUT2D eigenvalue weighted by Gasteiger charge is -2.03. The van der Waals surface area contributed by atoms with E-state index in [-0.39, 0.29) is 0 Å².